The highest BCUT2D eigenvalue weighted by atomic mass is 35.5. The first-order chi connectivity index (χ1) is 11.4. The van der Waals surface area contributed by atoms with E-state index < -0.39 is 17.0 Å². The third kappa shape index (κ3) is 4.96. The number of rotatable bonds is 7. The maximum absolute atomic E-state index is 13.7. The lowest BCUT2D eigenvalue weighted by Crippen LogP contribution is -2.41. The maximum atomic E-state index is 13.7. The second kappa shape index (κ2) is 9.22. The summed E-state index contributed by atoms with van der Waals surface area (Å²) in [5, 5.41) is 3.26. The molecule has 0 saturated heterocycles. The molecule has 0 aliphatic heterocycles. The molecule has 2 aromatic rings. The minimum absolute atomic E-state index is 0. The Labute approximate surface area is 156 Å². The predicted octanol–water partition coefficient (Wildman–Crippen LogP) is 4.14. The van der Waals surface area contributed by atoms with Crippen molar-refractivity contribution >= 4 is 34.8 Å². The van der Waals surface area contributed by atoms with E-state index >= 15 is 0 Å². The first-order valence-electron chi connectivity index (χ1n) is 7.84. The Bertz CT molecular complexity index is 711. The number of benzene rings is 1. The van der Waals surface area contributed by atoms with Gasteiger partial charge in [0.05, 0.1) is 5.41 Å². The van der Waals surface area contributed by atoms with Crippen LogP contribution in [-0.2, 0) is 11.2 Å². The van der Waals surface area contributed by atoms with Crippen LogP contribution in [0, 0.1) is 17.0 Å². The molecule has 0 fully saturated rings. The van der Waals surface area contributed by atoms with Gasteiger partial charge in [0, 0.05) is 30.1 Å². The van der Waals surface area contributed by atoms with Gasteiger partial charge in [-0.2, -0.15) is 0 Å². The van der Waals surface area contributed by atoms with Gasteiger partial charge >= 0.3 is 0 Å². The number of nitrogens with one attached hydrogen (secondary N) is 1. The number of halogens is 3. The van der Waals surface area contributed by atoms with Crippen LogP contribution in [0.2, 0.25) is 0 Å². The lowest BCUT2D eigenvalue weighted by Gasteiger charge is -2.27. The van der Waals surface area contributed by atoms with Gasteiger partial charge in [-0.05, 0) is 24.5 Å². The van der Waals surface area contributed by atoms with Crippen molar-refractivity contribution in [2.75, 3.05) is 11.9 Å². The highest BCUT2D eigenvalue weighted by Crippen LogP contribution is 2.29. The average Bonchev–Trinajstić information content (AvgIpc) is 2.99. The van der Waals surface area contributed by atoms with Crippen LogP contribution in [0.15, 0.2) is 24.4 Å². The van der Waals surface area contributed by atoms with Gasteiger partial charge in [-0.3, -0.25) is 4.79 Å². The van der Waals surface area contributed by atoms with Crippen molar-refractivity contribution in [1.29, 1.82) is 0 Å². The molecule has 0 saturated carbocycles. The molecule has 8 heteroatoms. The van der Waals surface area contributed by atoms with E-state index in [1.54, 1.807) is 6.20 Å². The Morgan fingerprint density at radius 2 is 2.00 bits per heavy atom. The van der Waals surface area contributed by atoms with Crippen molar-refractivity contribution in [2.24, 2.45) is 11.1 Å². The Morgan fingerprint density at radius 1 is 1.32 bits per heavy atom. The number of thiazole rings is 1. The summed E-state index contributed by atoms with van der Waals surface area (Å²) in [5.41, 5.74) is 5.55. The lowest BCUT2D eigenvalue weighted by molar-refractivity contribution is -0.125. The number of amides is 1. The van der Waals surface area contributed by atoms with Gasteiger partial charge < -0.3 is 11.1 Å². The van der Waals surface area contributed by atoms with Crippen LogP contribution in [0.1, 0.15) is 37.1 Å². The SMILES string of the molecule is CCC(CC)(CN)C(=O)Nc1ncc(Cc2ccc(F)cc2F)s1.Cl. The van der Waals surface area contributed by atoms with E-state index in [4.69, 9.17) is 5.73 Å². The molecule has 138 valence electrons. The van der Waals surface area contributed by atoms with E-state index in [2.05, 4.69) is 10.3 Å². The van der Waals surface area contributed by atoms with Crippen molar-refractivity contribution < 1.29 is 13.6 Å². The van der Waals surface area contributed by atoms with Crippen LogP contribution in [-0.4, -0.2) is 17.4 Å². The summed E-state index contributed by atoms with van der Waals surface area (Å²) in [6.45, 7) is 4.13. The third-order valence-corrected chi connectivity index (χ3v) is 5.29. The fraction of sp³-hybridized carbons (Fsp3) is 0.412. The third-order valence-electron chi connectivity index (χ3n) is 4.38. The fourth-order valence-electron chi connectivity index (χ4n) is 2.48. The normalized spacial score (nSPS) is 11.1. The monoisotopic (exact) mass is 389 g/mol. The second-order valence-electron chi connectivity index (χ2n) is 5.69. The first-order valence-corrected chi connectivity index (χ1v) is 8.66. The Morgan fingerprint density at radius 3 is 2.56 bits per heavy atom. The van der Waals surface area contributed by atoms with Gasteiger partial charge in [-0.25, -0.2) is 13.8 Å². The molecule has 1 aromatic carbocycles. The van der Waals surface area contributed by atoms with Gasteiger partial charge in [0.25, 0.3) is 0 Å². The summed E-state index contributed by atoms with van der Waals surface area (Å²) in [4.78, 5) is 17.4. The van der Waals surface area contributed by atoms with Crippen molar-refractivity contribution in [1.82, 2.24) is 4.98 Å². The quantitative estimate of drug-likeness (QED) is 0.747. The zero-order valence-electron chi connectivity index (χ0n) is 14.1. The molecule has 4 nitrogen and oxygen atoms in total. The highest BCUT2D eigenvalue weighted by molar-refractivity contribution is 7.15. The van der Waals surface area contributed by atoms with Crippen LogP contribution in [0.3, 0.4) is 0 Å². The molecule has 0 unspecified atom stereocenters. The molecule has 0 atom stereocenters. The van der Waals surface area contributed by atoms with Crippen molar-refractivity contribution in [3.8, 4) is 0 Å². The van der Waals surface area contributed by atoms with E-state index in [0.29, 0.717) is 30.0 Å². The van der Waals surface area contributed by atoms with E-state index in [-0.39, 0.29) is 24.9 Å². The summed E-state index contributed by atoms with van der Waals surface area (Å²) < 4.78 is 26.6. The molecule has 1 aromatic heterocycles. The van der Waals surface area contributed by atoms with Crippen molar-refractivity contribution in [3.63, 3.8) is 0 Å². The van der Waals surface area contributed by atoms with Crippen LogP contribution >= 0.6 is 23.7 Å². The first kappa shape index (κ1) is 21.5. The predicted molar refractivity (Wildman–Crippen MR) is 99.2 cm³/mol. The average molecular weight is 390 g/mol. The summed E-state index contributed by atoms with van der Waals surface area (Å²) in [6, 6.07) is 3.49. The standard InChI is InChI=1S/C17H21F2N3OS.ClH/c1-3-17(4-2,10-20)15(23)22-16-21-9-13(24-16)7-11-5-6-12(18)8-14(11)19;/h5-6,8-9H,3-4,7,10,20H2,1-2H3,(H,21,22,23);1H. The second-order valence-corrected chi connectivity index (χ2v) is 6.81. The molecule has 2 rings (SSSR count). The van der Waals surface area contributed by atoms with E-state index in [1.165, 1.54) is 23.5 Å². The zero-order chi connectivity index (χ0) is 17.7. The Kier molecular flexibility index (Phi) is 7.92. The van der Waals surface area contributed by atoms with Gasteiger partial charge in [0.2, 0.25) is 5.91 Å². The molecule has 0 spiro atoms. The lowest BCUT2D eigenvalue weighted by atomic mass is 9.81. The molecular weight excluding hydrogens is 368 g/mol. The topological polar surface area (TPSA) is 68.0 Å². The maximum Gasteiger partial charge on any atom is 0.233 e. The van der Waals surface area contributed by atoms with Gasteiger partial charge in [-0.15, -0.1) is 23.7 Å². The van der Waals surface area contributed by atoms with Crippen LogP contribution in [0.4, 0.5) is 13.9 Å². The number of carbonyl (C=O) groups is 1. The molecule has 1 heterocycles. The zero-order valence-corrected chi connectivity index (χ0v) is 15.8. The molecule has 0 radical (unpaired) electrons. The highest BCUT2D eigenvalue weighted by Gasteiger charge is 2.33. The molecule has 0 aliphatic rings. The Hall–Kier alpha value is -1.57. The molecule has 25 heavy (non-hydrogen) atoms. The molecule has 1 amide bonds. The number of anilines is 1. The van der Waals surface area contributed by atoms with Crippen molar-refractivity contribution in [2.45, 2.75) is 33.1 Å². The van der Waals surface area contributed by atoms with Crippen molar-refractivity contribution in [3.05, 3.63) is 46.5 Å². The molecule has 0 aliphatic carbocycles. The minimum Gasteiger partial charge on any atom is -0.329 e. The summed E-state index contributed by atoms with van der Waals surface area (Å²) >= 11 is 1.27. The van der Waals surface area contributed by atoms with E-state index in [0.717, 1.165) is 10.9 Å². The largest absolute Gasteiger partial charge is 0.329 e. The van der Waals surface area contributed by atoms with Crippen LogP contribution in [0.25, 0.3) is 0 Å². The number of aromatic nitrogens is 1. The fourth-order valence-corrected chi connectivity index (χ4v) is 3.31. The molecular formula is C17H22ClF2N3OS. The van der Waals surface area contributed by atoms with Gasteiger partial charge in [-0.1, -0.05) is 19.9 Å². The summed E-state index contributed by atoms with van der Waals surface area (Å²) in [6.07, 6.45) is 3.17. The summed E-state index contributed by atoms with van der Waals surface area (Å²) in [7, 11) is 0. The van der Waals surface area contributed by atoms with Crippen LogP contribution in [0.5, 0.6) is 0 Å². The summed E-state index contributed by atoms with van der Waals surface area (Å²) in [5.74, 6) is -1.34. The van der Waals surface area contributed by atoms with E-state index in [1.807, 2.05) is 13.8 Å². The van der Waals surface area contributed by atoms with E-state index in [9.17, 15) is 13.6 Å². The smallest absolute Gasteiger partial charge is 0.233 e. The number of hydrogen-bond donors (Lipinski definition) is 2. The number of nitrogens with zero attached hydrogens (tertiary/aromatic N) is 1. The Balaban J connectivity index is 0.00000312. The van der Waals surface area contributed by atoms with Crippen LogP contribution < -0.4 is 11.1 Å². The number of hydrogen-bond acceptors (Lipinski definition) is 4. The van der Waals surface area contributed by atoms with Gasteiger partial charge in [0.15, 0.2) is 5.13 Å². The number of nitrogens with two attached hydrogens (primary N) is 1. The number of carbonyl (C=O) groups excluding carboxylic acids is 1. The molecule has 3 N–H and O–H groups in total. The molecule has 0 bridgehead atoms. The van der Waals surface area contributed by atoms with Gasteiger partial charge in [0.1, 0.15) is 11.6 Å². The minimum atomic E-state index is -0.606.